The fourth-order valence-electron chi connectivity index (χ4n) is 6.92. The van der Waals surface area contributed by atoms with Crippen LogP contribution >= 0.6 is 0 Å². The SMILES string of the molecule is O=C(NC(Cc1cncn1C(c1ccccc1)(c1ccccc1)c1ccccc1)C(=O)O)OCC1c2ccccc2-c2ccccc21. The Morgan fingerprint density at radius 2 is 1.19 bits per heavy atom. The number of ether oxygens (including phenoxy) is 1. The molecule has 0 radical (unpaired) electrons. The van der Waals surface area contributed by atoms with E-state index in [1.165, 1.54) is 0 Å². The predicted molar refractivity (Wildman–Crippen MR) is 180 cm³/mol. The molecule has 1 unspecified atom stereocenters. The third-order valence-electron chi connectivity index (χ3n) is 9.00. The lowest BCUT2D eigenvalue weighted by molar-refractivity contribution is -0.139. The van der Waals surface area contributed by atoms with Gasteiger partial charge in [-0.3, -0.25) is 0 Å². The number of nitrogens with one attached hydrogen (secondary N) is 1. The van der Waals surface area contributed by atoms with Crippen molar-refractivity contribution in [1.29, 1.82) is 0 Å². The first-order chi connectivity index (χ1) is 23.1. The van der Waals surface area contributed by atoms with Crippen LogP contribution in [0.3, 0.4) is 0 Å². The number of carbonyl (C=O) groups is 2. The number of hydrogen-bond donors (Lipinski definition) is 2. The number of carbonyl (C=O) groups excluding carboxylic acids is 1. The van der Waals surface area contributed by atoms with E-state index in [9.17, 15) is 14.7 Å². The van der Waals surface area contributed by atoms with Crippen LogP contribution in [0, 0.1) is 0 Å². The van der Waals surface area contributed by atoms with Gasteiger partial charge < -0.3 is 19.7 Å². The third-order valence-corrected chi connectivity index (χ3v) is 9.00. The molecule has 1 aliphatic rings. The van der Waals surface area contributed by atoms with Gasteiger partial charge in [0.1, 0.15) is 18.2 Å². The van der Waals surface area contributed by atoms with E-state index < -0.39 is 23.6 Å². The highest BCUT2D eigenvalue weighted by Gasteiger charge is 2.40. The average molecular weight is 620 g/mol. The molecule has 6 aromatic rings. The van der Waals surface area contributed by atoms with Crippen molar-refractivity contribution in [3.8, 4) is 11.1 Å². The summed E-state index contributed by atoms with van der Waals surface area (Å²) in [5.41, 5.74) is 7.10. The lowest BCUT2D eigenvalue weighted by atomic mass is 9.76. The number of nitrogens with zero attached hydrogens (tertiary/aromatic N) is 2. The summed E-state index contributed by atoms with van der Waals surface area (Å²) < 4.78 is 7.73. The Morgan fingerprint density at radius 1 is 0.723 bits per heavy atom. The molecule has 7 nitrogen and oxygen atoms in total. The normalized spacial score (nSPS) is 12.9. The highest BCUT2D eigenvalue weighted by molar-refractivity contribution is 5.81. The predicted octanol–water partition coefficient (Wildman–Crippen LogP) is 7.26. The van der Waals surface area contributed by atoms with Gasteiger partial charge in [-0.25, -0.2) is 14.6 Å². The smallest absolute Gasteiger partial charge is 0.407 e. The summed E-state index contributed by atoms with van der Waals surface area (Å²) in [7, 11) is 0. The number of alkyl carbamates (subject to hydrolysis) is 1. The van der Waals surface area contributed by atoms with Gasteiger partial charge in [0, 0.05) is 24.2 Å². The summed E-state index contributed by atoms with van der Waals surface area (Å²) in [6.45, 7) is 0.0866. The zero-order valence-corrected chi connectivity index (χ0v) is 25.6. The van der Waals surface area contributed by atoms with Gasteiger partial charge in [-0.1, -0.05) is 140 Å². The zero-order valence-electron chi connectivity index (χ0n) is 25.6. The van der Waals surface area contributed by atoms with Crippen LogP contribution in [-0.2, 0) is 21.5 Å². The van der Waals surface area contributed by atoms with Gasteiger partial charge in [-0.2, -0.15) is 0 Å². The number of carboxylic acid groups (broad SMARTS) is 1. The Balaban J connectivity index is 1.19. The van der Waals surface area contributed by atoms with E-state index in [-0.39, 0.29) is 18.9 Å². The number of benzene rings is 5. The number of amides is 1. The maximum Gasteiger partial charge on any atom is 0.407 e. The molecule has 1 aliphatic carbocycles. The van der Waals surface area contributed by atoms with Gasteiger partial charge in [0.2, 0.25) is 0 Å². The summed E-state index contributed by atoms with van der Waals surface area (Å²) in [5, 5.41) is 12.9. The zero-order chi connectivity index (χ0) is 32.2. The minimum Gasteiger partial charge on any atom is -0.480 e. The van der Waals surface area contributed by atoms with Crippen LogP contribution < -0.4 is 5.32 Å². The molecule has 1 amide bonds. The van der Waals surface area contributed by atoms with E-state index in [1.807, 2.05) is 95.6 Å². The van der Waals surface area contributed by atoms with E-state index in [2.05, 4.69) is 58.8 Å². The molecule has 2 N–H and O–H groups in total. The lowest BCUT2D eigenvalue weighted by Crippen LogP contribution is -2.44. The number of imidazole rings is 1. The Bertz CT molecular complexity index is 1870. The quantitative estimate of drug-likeness (QED) is 0.158. The second kappa shape index (κ2) is 12.8. The number of carboxylic acids is 1. The van der Waals surface area contributed by atoms with E-state index in [0.717, 1.165) is 38.9 Å². The molecule has 0 bridgehead atoms. The van der Waals surface area contributed by atoms with Crippen LogP contribution in [0.5, 0.6) is 0 Å². The van der Waals surface area contributed by atoms with Crippen LogP contribution in [0.4, 0.5) is 4.79 Å². The van der Waals surface area contributed by atoms with E-state index >= 15 is 0 Å². The monoisotopic (exact) mass is 619 g/mol. The summed E-state index contributed by atoms with van der Waals surface area (Å²) >= 11 is 0. The topological polar surface area (TPSA) is 93.5 Å². The molecule has 1 aromatic heterocycles. The van der Waals surface area contributed by atoms with Crippen molar-refractivity contribution >= 4 is 12.1 Å². The number of fused-ring (bicyclic) bond motifs is 3. The minimum atomic E-state index is -1.26. The number of rotatable bonds is 10. The summed E-state index contributed by atoms with van der Waals surface area (Å²) in [4.78, 5) is 30.3. The first-order valence-corrected chi connectivity index (χ1v) is 15.6. The minimum absolute atomic E-state index is 0.0201. The maximum atomic E-state index is 13.2. The summed E-state index contributed by atoms with van der Waals surface area (Å²) in [6.07, 6.45) is 2.59. The van der Waals surface area contributed by atoms with E-state index in [0.29, 0.717) is 5.69 Å². The molecule has 5 aromatic carbocycles. The lowest BCUT2D eigenvalue weighted by Gasteiger charge is -2.39. The van der Waals surface area contributed by atoms with Crippen LogP contribution in [-0.4, -0.2) is 39.4 Å². The van der Waals surface area contributed by atoms with Crippen molar-refractivity contribution in [2.24, 2.45) is 0 Å². The third kappa shape index (κ3) is 5.46. The molecule has 0 saturated heterocycles. The second-order valence-electron chi connectivity index (χ2n) is 11.6. The van der Waals surface area contributed by atoms with Gasteiger partial charge in [0.25, 0.3) is 0 Å². The summed E-state index contributed by atoms with van der Waals surface area (Å²) in [5.74, 6) is -1.31. The van der Waals surface area contributed by atoms with Crippen molar-refractivity contribution in [2.75, 3.05) is 6.61 Å². The van der Waals surface area contributed by atoms with Crippen LogP contribution in [0.15, 0.2) is 152 Å². The van der Waals surface area contributed by atoms with Crippen LogP contribution in [0.2, 0.25) is 0 Å². The second-order valence-corrected chi connectivity index (χ2v) is 11.6. The number of aromatic nitrogens is 2. The van der Waals surface area contributed by atoms with Crippen molar-refractivity contribution in [3.05, 3.63) is 186 Å². The Hall–Kier alpha value is -5.95. The van der Waals surface area contributed by atoms with Crippen molar-refractivity contribution in [2.45, 2.75) is 23.9 Å². The molecule has 0 fully saturated rings. The van der Waals surface area contributed by atoms with Crippen LogP contribution in [0.1, 0.15) is 39.4 Å². The highest BCUT2D eigenvalue weighted by Crippen LogP contribution is 2.45. The maximum absolute atomic E-state index is 13.2. The van der Waals surface area contributed by atoms with Crippen molar-refractivity contribution < 1.29 is 19.4 Å². The molecule has 47 heavy (non-hydrogen) atoms. The summed E-state index contributed by atoms with van der Waals surface area (Å²) in [6, 6.07) is 45.1. The van der Waals surface area contributed by atoms with Crippen molar-refractivity contribution in [3.63, 3.8) is 0 Å². The van der Waals surface area contributed by atoms with Gasteiger partial charge in [0.05, 0.1) is 6.33 Å². The van der Waals surface area contributed by atoms with Gasteiger partial charge in [0.15, 0.2) is 0 Å². The molecule has 0 spiro atoms. The van der Waals surface area contributed by atoms with Gasteiger partial charge >= 0.3 is 12.1 Å². The van der Waals surface area contributed by atoms with Crippen molar-refractivity contribution in [1.82, 2.24) is 14.9 Å². The first-order valence-electron chi connectivity index (χ1n) is 15.6. The molecule has 0 saturated carbocycles. The van der Waals surface area contributed by atoms with Crippen LogP contribution in [0.25, 0.3) is 11.1 Å². The fourth-order valence-corrected chi connectivity index (χ4v) is 6.92. The molecular weight excluding hydrogens is 586 g/mol. The number of hydrogen-bond acceptors (Lipinski definition) is 4. The van der Waals surface area contributed by atoms with E-state index in [1.54, 1.807) is 12.5 Å². The standard InChI is InChI=1S/C40H33N3O4/c44-38(45)37(42-39(46)47-26-36-34-22-12-10-20-32(34)33-21-11-13-23-35(33)36)24-31-25-41-27-43(31)40(28-14-4-1-5-15-28,29-16-6-2-7-17-29)30-18-8-3-9-19-30/h1-23,25,27,36-37H,24,26H2,(H,42,46)(H,44,45). The molecule has 7 heteroatoms. The fraction of sp³-hybridized carbons (Fsp3) is 0.125. The molecule has 232 valence electrons. The largest absolute Gasteiger partial charge is 0.480 e. The first kappa shape index (κ1) is 29.7. The Kier molecular flexibility index (Phi) is 8.11. The Morgan fingerprint density at radius 3 is 1.68 bits per heavy atom. The molecular formula is C40H33N3O4. The highest BCUT2D eigenvalue weighted by atomic mass is 16.5. The average Bonchev–Trinajstić information content (AvgIpc) is 3.71. The molecule has 1 atom stereocenters. The molecule has 0 aliphatic heterocycles. The molecule has 1 heterocycles. The van der Waals surface area contributed by atoms with Gasteiger partial charge in [-0.05, 0) is 38.9 Å². The Labute approximate surface area is 273 Å². The van der Waals surface area contributed by atoms with E-state index in [4.69, 9.17) is 4.74 Å². The molecule has 7 rings (SSSR count). The number of aliphatic carboxylic acids is 1. The van der Waals surface area contributed by atoms with Gasteiger partial charge in [-0.15, -0.1) is 0 Å².